The smallest absolute Gasteiger partial charge is 0.490 e. The normalized spacial score (nSPS) is 28.1. The number of aliphatic hydroxyl groups excluding tert-OH is 2. The summed E-state index contributed by atoms with van der Waals surface area (Å²) in [5.41, 5.74) is -0.0108. The first-order valence-corrected chi connectivity index (χ1v) is 13.7. The maximum Gasteiger partial charge on any atom is 0.490 e. The number of phosphoric ester groups is 1. The van der Waals surface area contributed by atoms with Gasteiger partial charge in [-0.25, -0.2) is 23.7 Å². The van der Waals surface area contributed by atoms with Crippen molar-refractivity contribution in [2.45, 2.75) is 44.5 Å². The van der Waals surface area contributed by atoms with Crippen LogP contribution in [0.5, 0.6) is 5.88 Å². The molecule has 0 bridgehead atoms. The monoisotopic (exact) mass is 550 g/mol. The number of aromatic hydroxyl groups is 1. The molecule has 0 aliphatic carbocycles. The molecule has 1 aliphatic rings. The Kier molecular flexibility index (Phi) is 7.68. The van der Waals surface area contributed by atoms with Gasteiger partial charge in [-0.3, -0.25) is 9.09 Å². The molecule has 2 aromatic rings. The molecule has 21 heteroatoms. The first kappa shape index (κ1) is 27.2. The van der Waals surface area contributed by atoms with E-state index in [1.165, 1.54) is 13.8 Å². The fraction of sp³-hybridized carbons (Fsp3) is 0.615. The molecule has 1 aliphatic heterocycles. The van der Waals surface area contributed by atoms with Crippen LogP contribution in [-0.2, 0) is 31.6 Å². The molecule has 2 aromatic heterocycles. The van der Waals surface area contributed by atoms with E-state index in [0.29, 0.717) is 0 Å². The van der Waals surface area contributed by atoms with Crippen LogP contribution in [0.4, 0.5) is 0 Å². The average molecular weight is 550 g/mol. The van der Waals surface area contributed by atoms with Crippen molar-refractivity contribution in [1.29, 1.82) is 0 Å². The molecule has 1 saturated heterocycles. The first-order chi connectivity index (χ1) is 15.5. The predicted molar refractivity (Wildman–Crippen MR) is 106 cm³/mol. The van der Waals surface area contributed by atoms with Crippen molar-refractivity contribution in [3.05, 3.63) is 12.7 Å². The molecule has 0 amide bonds. The molecule has 1 fully saturated rings. The topological polar surface area (TPSA) is 273 Å². The van der Waals surface area contributed by atoms with E-state index < -0.39 is 65.9 Å². The Morgan fingerprint density at radius 1 is 1.00 bits per heavy atom. The van der Waals surface area contributed by atoms with Gasteiger partial charge in [-0.1, -0.05) is 13.8 Å². The van der Waals surface area contributed by atoms with Gasteiger partial charge in [-0.05, 0) is 5.92 Å². The summed E-state index contributed by atoms with van der Waals surface area (Å²) in [5.74, 6) is -1.21. The molecule has 3 unspecified atom stereocenters. The number of nitrogens with zero attached hydrogens (tertiary/aromatic N) is 4. The molecule has 3 heterocycles. The second kappa shape index (κ2) is 9.59. The van der Waals surface area contributed by atoms with Gasteiger partial charge in [0, 0.05) is 0 Å². The second-order valence-electron chi connectivity index (χ2n) is 7.40. The van der Waals surface area contributed by atoms with Crippen LogP contribution in [0.3, 0.4) is 0 Å². The summed E-state index contributed by atoms with van der Waals surface area (Å²) in [4.78, 5) is 47.8. The summed E-state index contributed by atoms with van der Waals surface area (Å²) in [6.45, 7) is 2.89. The van der Waals surface area contributed by atoms with E-state index in [2.05, 4.69) is 23.6 Å². The summed E-state index contributed by atoms with van der Waals surface area (Å²) in [6.07, 6.45) is -5.73. The maximum atomic E-state index is 12.3. The van der Waals surface area contributed by atoms with Crippen molar-refractivity contribution < 1.29 is 66.5 Å². The minimum atomic E-state index is -5.77. The molecule has 7 N–H and O–H groups in total. The summed E-state index contributed by atoms with van der Waals surface area (Å²) in [6, 6.07) is 0. The van der Waals surface area contributed by atoms with Crippen molar-refractivity contribution in [3.8, 4) is 5.88 Å². The second-order valence-corrected chi connectivity index (χ2v) is 11.8. The number of ether oxygens (including phenoxy) is 1. The number of rotatable bonds is 9. The average Bonchev–Trinajstić information content (AvgIpc) is 3.20. The van der Waals surface area contributed by atoms with Gasteiger partial charge in [-0.15, -0.1) is 0 Å². The summed E-state index contributed by atoms with van der Waals surface area (Å²) in [7, 11) is -16.9. The number of aliphatic hydroxyl groups is 2. The lowest BCUT2D eigenvalue weighted by molar-refractivity contribution is -0.0930. The number of fused-ring (bicyclic) bond motifs is 1. The standard InChI is InChI=1S/C13H21N4O14P3/c1-5(2)9(29-33(24,25)31-34(26,27)30-32(21,22)23)10-7(18)8(19)13(28-10)17-4-16-6-11(17)14-3-15-12(6)20/h3-5,7-10,13,18-19H,1-2H3,(H,24,25)(H,26,27)(H,14,15,20)(H2,21,22,23)/t7-,8+,9?,10-,13+/m0/s1. The molecule has 0 saturated carbocycles. The van der Waals surface area contributed by atoms with Gasteiger partial charge < -0.3 is 39.6 Å². The van der Waals surface area contributed by atoms with E-state index in [-0.39, 0.29) is 11.2 Å². The van der Waals surface area contributed by atoms with Gasteiger partial charge in [0.2, 0.25) is 5.88 Å². The van der Waals surface area contributed by atoms with Crippen LogP contribution in [0.15, 0.2) is 12.7 Å². The van der Waals surface area contributed by atoms with Crippen LogP contribution in [0.25, 0.3) is 11.2 Å². The minimum absolute atomic E-state index is 0.0263. The van der Waals surface area contributed by atoms with Crippen LogP contribution >= 0.6 is 23.5 Å². The Labute approximate surface area is 190 Å². The van der Waals surface area contributed by atoms with Crippen molar-refractivity contribution in [1.82, 2.24) is 19.5 Å². The molecule has 7 atom stereocenters. The summed E-state index contributed by atoms with van der Waals surface area (Å²) >= 11 is 0. The lowest BCUT2D eigenvalue weighted by Crippen LogP contribution is -2.42. The zero-order valence-electron chi connectivity index (χ0n) is 17.2. The van der Waals surface area contributed by atoms with Gasteiger partial charge in [-0.2, -0.15) is 13.6 Å². The minimum Gasteiger partial charge on any atom is -0.492 e. The van der Waals surface area contributed by atoms with Crippen molar-refractivity contribution in [2.24, 2.45) is 5.92 Å². The predicted octanol–water partition coefficient (Wildman–Crippen LogP) is -0.481. The zero-order valence-corrected chi connectivity index (χ0v) is 19.9. The molecule has 0 radical (unpaired) electrons. The Morgan fingerprint density at radius 3 is 2.24 bits per heavy atom. The lowest BCUT2D eigenvalue weighted by Gasteiger charge is -2.30. The highest BCUT2D eigenvalue weighted by molar-refractivity contribution is 7.66. The molecule has 34 heavy (non-hydrogen) atoms. The molecule has 192 valence electrons. The molecule has 18 nitrogen and oxygen atoms in total. The fourth-order valence-electron chi connectivity index (χ4n) is 3.23. The van der Waals surface area contributed by atoms with E-state index in [0.717, 1.165) is 17.2 Å². The Bertz CT molecular complexity index is 1180. The van der Waals surface area contributed by atoms with E-state index >= 15 is 0 Å². The Balaban J connectivity index is 1.84. The highest BCUT2D eigenvalue weighted by atomic mass is 31.3. The van der Waals surface area contributed by atoms with Crippen molar-refractivity contribution in [2.75, 3.05) is 0 Å². The number of hydrogen-bond donors (Lipinski definition) is 7. The first-order valence-electron chi connectivity index (χ1n) is 9.21. The molecule has 0 spiro atoms. The number of imidazole rings is 1. The van der Waals surface area contributed by atoms with Gasteiger partial charge in [0.25, 0.3) is 0 Å². The zero-order chi connectivity index (χ0) is 25.6. The highest BCUT2D eigenvalue weighted by Gasteiger charge is 2.51. The van der Waals surface area contributed by atoms with Crippen LogP contribution in [0.2, 0.25) is 0 Å². The fourth-order valence-corrected chi connectivity index (χ4v) is 6.56. The Hall–Kier alpha value is -1.36. The maximum absolute atomic E-state index is 12.3. The van der Waals surface area contributed by atoms with Crippen LogP contribution in [0.1, 0.15) is 20.1 Å². The molecular formula is C13H21N4O14P3. The van der Waals surface area contributed by atoms with E-state index in [1.807, 2.05) is 0 Å². The van der Waals surface area contributed by atoms with Crippen molar-refractivity contribution >= 4 is 34.6 Å². The SMILES string of the molecule is CC(C)C(OP(=O)(O)OP(=O)(O)OP(=O)(O)O)[C@H]1O[C@@H](n2cnc3c(O)ncnc32)[C@H](O)[C@@H]1O. The third-order valence-electron chi connectivity index (χ3n) is 4.54. The van der Waals surface area contributed by atoms with Gasteiger partial charge in [0.05, 0.1) is 6.33 Å². The molecule has 3 rings (SSSR count). The lowest BCUT2D eigenvalue weighted by atomic mass is 9.97. The van der Waals surface area contributed by atoms with E-state index in [4.69, 9.17) is 19.0 Å². The number of aromatic nitrogens is 4. The highest BCUT2D eigenvalue weighted by Crippen LogP contribution is 2.67. The Morgan fingerprint density at radius 2 is 1.65 bits per heavy atom. The van der Waals surface area contributed by atoms with E-state index in [9.17, 15) is 38.8 Å². The van der Waals surface area contributed by atoms with Crippen LogP contribution in [0, 0.1) is 5.92 Å². The van der Waals surface area contributed by atoms with Crippen LogP contribution in [-0.4, -0.2) is 78.8 Å². The summed E-state index contributed by atoms with van der Waals surface area (Å²) < 4.78 is 53.7. The largest absolute Gasteiger partial charge is 0.492 e. The van der Waals surface area contributed by atoms with Gasteiger partial charge in [0.1, 0.15) is 30.7 Å². The number of phosphoric acid groups is 3. The molecule has 0 aromatic carbocycles. The third kappa shape index (κ3) is 6.06. The quantitative estimate of drug-likeness (QED) is 0.194. The molecular weight excluding hydrogens is 529 g/mol. The van der Waals surface area contributed by atoms with Crippen molar-refractivity contribution in [3.63, 3.8) is 0 Å². The number of hydrogen-bond acceptors (Lipinski definition) is 13. The van der Waals surface area contributed by atoms with Crippen LogP contribution < -0.4 is 0 Å². The summed E-state index contributed by atoms with van der Waals surface area (Å²) in [5, 5.41) is 30.8. The van der Waals surface area contributed by atoms with E-state index in [1.54, 1.807) is 0 Å². The van der Waals surface area contributed by atoms with Gasteiger partial charge >= 0.3 is 23.5 Å². The van der Waals surface area contributed by atoms with Gasteiger partial charge in [0.15, 0.2) is 17.4 Å². The third-order valence-corrected chi connectivity index (χ3v) is 8.38.